The van der Waals surface area contributed by atoms with Gasteiger partial charge in [0, 0.05) is 6.07 Å². The Balaban J connectivity index is 2.29. The number of nitrogens with one attached hydrogen (secondary N) is 1. The van der Waals surface area contributed by atoms with E-state index in [0.29, 0.717) is 11.4 Å². The quantitative estimate of drug-likeness (QED) is 0.922. The number of nitrogens with zero attached hydrogens (tertiary/aromatic N) is 1. The number of aromatic amines is 1. The number of aromatic nitrogens is 2. The van der Waals surface area contributed by atoms with Gasteiger partial charge in [0.2, 0.25) is 5.75 Å². The maximum atomic E-state index is 13.5. The zero-order valence-electron chi connectivity index (χ0n) is 10.8. The Morgan fingerprint density at radius 2 is 2.00 bits per heavy atom. The first-order valence-electron chi connectivity index (χ1n) is 5.82. The van der Waals surface area contributed by atoms with Crippen LogP contribution in [-0.4, -0.2) is 16.3 Å². The SMILES string of the molecule is Cc1[nH]nc(OC(C)C)c1Oc1ccc(F)cc1F. The number of halogens is 2. The molecule has 2 aromatic rings. The molecule has 6 heteroatoms. The molecule has 0 aliphatic carbocycles. The standard InChI is InChI=1S/C13H14F2N2O2/c1-7(2)18-13-12(8(3)16-17-13)19-11-5-4-9(14)6-10(11)15/h4-7H,1-3H3,(H,16,17). The average Bonchev–Trinajstić information content (AvgIpc) is 2.64. The van der Waals surface area contributed by atoms with Crippen molar-refractivity contribution in [3.05, 3.63) is 35.5 Å². The van der Waals surface area contributed by atoms with E-state index in [9.17, 15) is 8.78 Å². The third kappa shape index (κ3) is 3.01. The van der Waals surface area contributed by atoms with Crippen LogP contribution in [-0.2, 0) is 0 Å². The van der Waals surface area contributed by atoms with Crippen LogP contribution in [0.5, 0.6) is 17.4 Å². The summed E-state index contributed by atoms with van der Waals surface area (Å²) in [5, 5.41) is 6.63. The zero-order chi connectivity index (χ0) is 14.0. The van der Waals surface area contributed by atoms with Gasteiger partial charge in [0.05, 0.1) is 11.8 Å². The van der Waals surface area contributed by atoms with Crippen LogP contribution in [0.4, 0.5) is 8.78 Å². The molecule has 0 aliphatic rings. The van der Waals surface area contributed by atoms with E-state index < -0.39 is 11.6 Å². The summed E-state index contributed by atoms with van der Waals surface area (Å²) in [4.78, 5) is 0. The first kappa shape index (κ1) is 13.3. The van der Waals surface area contributed by atoms with E-state index in [1.807, 2.05) is 13.8 Å². The van der Waals surface area contributed by atoms with Crippen LogP contribution >= 0.6 is 0 Å². The molecule has 1 aromatic heterocycles. The van der Waals surface area contributed by atoms with E-state index >= 15 is 0 Å². The van der Waals surface area contributed by atoms with Crippen molar-refractivity contribution in [1.82, 2.24) is 10.2 Å². The fourth-order valence-electron chi connectivity index (χ4n) is 1.49. The Bertz CT molecular complexity index is 582. The molecule has 0 amide bonds. The molecule has 0 atom stereocenters. The molecular weight excluding hydrogens is 254 g/mol. The lowest BCUT2D eigenvalue weighted by Gasteiger charge is -2.10. The van der Waals surface area contributed by atoms with E-state index in [-0.39, 0.29) is 17.7 Å². The zero-order valence-corrected chi connectivity index (χ0v) is 10.8. The summed E-state index contributed by atoms with van der Waals surface area (Å²) >= 11 is 0. The molecule has 1 heterocycles. The van der Waals surface area contributed by atoms with Crippen molar-refractivity contribution >= 4 is 0 Å². The van der Waals surface area contributed by atoms with Gasteiger partial charge in [-0.15, -0.1) is 5.10 Å². The average molecular weight is 268 g/mol. The van der Waals surface area contributed by atoms with Gasteiger partial charge < -0.3 is 9.47 Å². The molecule has 0 fully saturated rings. The van der Waals surface area contributed by atoms with Crippen LogP contribution in [0.1, 0.15) is 19.5 Å². The number of H-pyrrole nitrogens is 1. The van der Waals surface area contributed by atoms with Crippen molar-refractivity contribution in [2.45, 2.75) is 26.9 Å². The first-order chi connectivity index (χ1) is 8.97. The molecule has 0 radical (unpaired) electrons. The fraction of sp³-hybridized carbons (Fsp3) is 0.308. The van der Waals surface area contributed by atoms with Crippen molar-refractivity contribution in [3.63, 3.8) is 0 Å². The number of rotatable bonds is 4. The minimum Gasteiger partial charge on any atom is -0.471 e. The molecule has 4 nitrogen and oxygen atoms in total. The lowest BCUT2D eigenvalue weighted by molar-refractivity contribution is 0.223. The summed E-state index contributed by atoms with van der Waals surface area (Å²) in [6.45, 7) is 5.40. The van der Waals surface area contributed by atoms with E-state index in [0.717, 1.165) is 12.1 Å². The van der Waals surface area contributed by atoms with Gasteiger partial charge in [-0.2, -0.15) is 0 Å². The van der Waals surface area contributed by atoms with Gasteiger partial charge in [-0.05, 0) is 32.9 Å². The molecule has 0 unspecified atom stereocenters. The maximum Gasteiger partial charge on any atom is 0.276 e. The number of ether oxygens (including phenoxy) is 2. The summed E-state index contributed by atoms with van der Waals surface area (Å²) in [5.74, 6) is -0.988. The Morgan fingerprint density at radius 1 is 1.26 bits per heavy atom. The molecule has 19 heavy (non-hydrogen) atoms. The highest BCUT2D eigenvalue weighted by Gasteiger charge is 2.17. The number of benzene rings is 1. The monoisotopic (exact) mass is 268 g/mol. The van der Waals surface area contributed by atoms with Gasteiger partial charge in [0.15, 0.2) is 11.6 Å². The fourth-order valence-corrected chi connectivity index (χ4v) is 1.49. The van der Waals surface area contributed by atoms with Crippen LogP contribution in [0.25, 0.3) is 0 Å². The first-order valence-corrected chi connectivity index (χ1v) is 5.82. The molecule has 0 saturated carbocycles. The number of hydrogen-bond donors (Lipinski definition) is 1. The molecule has 0 saturated heterocycles. The van der Waals surface area contributed by atoms with Gasteiger partial charge in [0.1, 0.15) is 5.82 Å². The molecule has 2 rings (SSSR count). The highest BCUT2D eigenvalue weighted by molar-refractivity contribution is 5.41. The lowest BCUT2D eigenvalue weighted by atomic mass is 10.3. The van der Waals surface area contributed by atoms with Crippen molar-refractivity contribution in [1.29, 1.82) is 0 Å². The Hall–Kier alpha value is -2.11. The van der Waals surface area contributed by atoms with Crippen molar-refractivity contribution in [3.8, 4) is 17.4 Å². The Labute approximate surface area is 109 Å². The highest BCUT2D eigenvalue weighted by Crippen LogP contribution is 2.34. The van der Waals surface area contributed by atoms with Gasteiger partial charge >= 0.3 is 0 Å². The third-order valence-electron chi connectivity index (χ3n) is 2.31. The highest BCUT2D eigenvalue weighted by atomic mass is 19.1. The minimum atomic E-state index is -0.781. The van der Waals surface area contributed by atoms with Gasteiger partial charge in [-0.1, -0.05) is 0 Å². The Kier molecular flexibility index (Phi) is 3.69. The second-order valence-corrected chi connectivity index (χ2v) is 4.33. The molecule has 0 spiro atoms. The summed E-state index contributed by atoms with van der Waals surface area (Å²) in [6, 6.07) is 3.10. The number of hydrogen-bond acceptors (Lipinski definition) is 3. The van der Waals surface area contributed by atoms with Crippen molar-refractivity contribution in [2.75, 3.05) is 0 Å². The van der Waals surface area contributed by atoms with Crippen LogP contribution < -0.4 is 9.47 Å². The number of aryl methyl sites for hydroxylation is 1. The lowest BCUT2D eigenvalue weighted by Crippen LogP contribution is -2.06. The molecule has 0 bridgehead atoms. The second-order valence-electron chi connectivity index (χ2n) is 4.33. The van der Waals surface area contributed by atoms with Crippen LogP contribution in [0, 0.1) is 18.6 Å². The smallest absolute Gasteiger partial charge is 0.276 e. The summed E-state index contributed by atoms with van der Waals surface area (Å²) in [5.41, 5.74) is 0.597. The van der Waals surface area contributed by atoms with E-state index in [4.69, 9.17) is 9.47 Å². The van der Waals surface area contributed by atoms with E-state index in [1.54, 1.807) is 6.92 Å². The summed E-state index contributed by atoms with van der Waals surface area (Å²) in [7, 11) is 0. The van der Waals surface area contributed by atoms with Gasteiger partial charge in [-0.3, -0.25) is 5.10 Å². The largest absolute Gasteiger partial charge is 0.471 e. The van der Waals surface area contributed by atoms with Gasteiger partial charge in [-0.25, -0.2) is 8.78 Å². The van der Waals surface area contributed by atoms with E-state index in [1.165, 1.54) is 6.07 Å². The molecule has 1 N–H and O–H groups in total. The summed E-state index contributed by atoms with van der Waals surface area (Å²) in [6.07, 6.45) is -0.0943. The third-order valence-corrected chi connectivity index (χ3v) is 2.31. The summed E-state index contributed by atoms with van der Waals surface area (Å²) < 4.78 is 37.2. The topological polar surface area (TPSA) is 47.1 Å². The molecular formula is C13H14F2N2O2. The molecule has 102 valence electrons. The molecule has 1 aromatic carbocycles. The van der Waals surface area contributed by atoms with Crippen LogP contribution in [0.15, 0.2) is 18.2 Å². The maximum absolute atomic E-state index is 13.5. The molecule has 0 aliphatic heterocycles. The van der Waals surface area contributed by atoms with Crippen LogP contribution in [0.3, 0.4) is 0 Å². The van der Waals surface area contributed by atoms with E-state index in [2.05, 4.69) is 10.2 Å². The van der Waals surface area contributed by atoms with Crippen LogP contribution in [0.2, 0.25) is 0 Å². The van der Waals surface area contributed by atoms with Crippen molar-refractivity contribution < 1.29 is 18.3 Å². The Morgan fingerprint density at radius 3 is 2.63 bits per heavy atom. The minimum absolute atomic E-state index is 0.0838. The normalized spacial score (nSPS) is 10.8. The predicted molar refractivity (Wildman–Crippen MR) is 65.5 cm³/mol. The van der Waals surface area contributed by atoms with Crippen molar-refractivity contribution in [2.24, 2.45) is 0 Å². The second kappa shape index (κ2) is 5.26. The van der Waals surface area contributed by atoms with Gasteiger partial charge in [0.25, 0.3) is 5.88 Å². The predicted octanol–water partition coefficient (Wildman–Crippen LogP) is 3.58.